The monoisotopic (exact) mass is 224 g/mol. The summed E-state index contributed by atoms with van der Waals surface area (Å²) in [6, 6.07) is 1.26. The lowest BCUT2D eigenvalue weighted by molar-refractivity contribution is -0.129. The number of likely N-dealkylation sites (tertiary alicyclic amines) is 1. The van der Waals surface area contributed by atoms with Gasteiger partial charge in [0.25, 0.3) is 0 Å². The van der Waals surface area contributed by atoms with Crippen molar-refractivity contribution in [3.05, 3.63) is 0 Å². The zero-order valence-corrected chi connectivity index (χ0v) is 10.6. The maximum absolute atomic E-state index is 11.3. The lowest BCUT2D eigenvalue weighted by Crippen LogP contribution is -2.40. The molecule has 0 aromatic rings. The number of nitrogens with zero attached hydrogens (tertiary/aromatic N) is 2. The van der Waals surface area contributed by atoms with E-state index >= 15 is 0 Å². The van der Waals surface area contributed by atoms with Crippen molar-refractivity contribution < 1.29 is 4.79 Å². The van der Waals surface area contributed by atoms with Crippen LogP contribution in [-0.2, 0) is 4.79 Å². The molecular formula is C13H24N2O. The first-order valence-electron chi connectivity index (χ1n) is 6.66. The van der Waals surface area contributed by atoms with Gasteiger partial charge in [0, 0.05) is 39.1 Å². The van der Waals surface area contributed by atoms with Gasteiger partial charge < -0.3 is 4.90 Å². The van der Waals surface area contributed by atoms with Crippen molar-refractivity contribution in [1.29, 1.82) is 0 Å². The van der Waals surface area contributed by atoms with E-state index in [1.807, 2.05) is 11.9 Å². The largest absolute Gasteiger partial charge is 0.342 e. The lowest BCUT2D eigenvalue weighted by Gasteiger charge is -2.31. The van der Waals surface area contributed by atoms with Gasteiger partial charge in [-0.15, -0.1) is 0 Å². The Morgan fingerprint density at radius 2 is 1.88 bits per heavy atom. The van der Waals surface area contributed by atoms with Crippen LogP contribution in [0, 0.1) is 0 Å². The molecule has 1 saturated carbocycles. The zero-order valence-electron chi connectivity index (χ0n) is 10.6. The number of amides is 1. The minimum atomic E-state index is 0.204. The van der Waals surface area contributed by atoms with Crippen molar-refractivity contribution >= 4 is 5.91 Å². The number of carbonyl (C=O) groups excluding carboxylic acids is 1. The second-order valence-electron chi connectivity index (χ2n) is 5.36. The summed E-state index contributed by atoms with van der Waals surface area (Å²) >= 11 is 0. The summed E-state index contributed by atoms with van der Waals surface area (Å²) in [7, 11) is 1.94. The van der Waals surface area contributed by atoms with Crippen molar-refractivity contribution in [2.24, 2.45) is 0 Å². The Morgan fingerprint density at radius 3 is 2.50 bits per heavy atom. The molecule has 1 amide bonds. The van der Waals surface area contributed by atoms with Crippen LogP contribution in [0.5, 0.6) is 0 Å². The maximum Gasteiger partial charge on any atom is 0.219 e. The molecule has 0 aromatic heterocycles. The minimum absolute atomic E-state index is 0.204. The van der Waals surface area contributed by atoms with Crippen molar-refractivity contribution in [2.45, 2.75) is 57.5 Å². The van der Waals surface area contributed by atoms with E-state index in [4.69, 9.17) is 0 Å². The predicted molar refractivity (Wildman–Crippen MR) is 65.3 cm³/mol. The predicted octanol–water partition coefficient (Wildman–Crippen LogP) is 1.87. The maximum atomic E-state index is 11.3. The smallest absolute Gasteiger partial charge is 0.219 e. The Bertz CT molecular complexity index is 248. The molecule has 0 unspecified atom stereocenters. The van der Waals surface area contributed by atoms with E-state index in [9.17, 15) is 4.79 Å². The fraction of sp³-hybridized carbons (Fsp3) is 0.923. The van der Waals surface area contributed by atoms with Crippen molar-refractivity contribution in [2.75, 3.05) is 20.1 Å². The van der Waals surface area contributed by atoms with Gasteiger partial charge in [-0.3, -0.25) is 9.69 Å². The second kappa shape index (κ2) is 5.17. The summed E-state index contributed by atoms with van der Waals surface area (Å²) in [6.07, 6.45) is 8.11. The number of hydrogen-bond donors (Lipinski definition) is 0. The van der Waals surface area contributed by atoms with Crippen molar-refractivity contribution in [3.63, 3.8) is 0 Å². The topological polar surface area (TPSA) is 23.6 Å². The first-order chi connectivity index (χ1) is 7.68. The summed E-state index contributed by atoms with van der Waals surface area (Å²) in [5.74, 6) is 0.204. The average Bonchev–Trinajstić information content (AvgIpc) is 2.78. The average molecular weight is 224 g/mol. The van der Waals surface area contributed by atoms with Crippen molar-refractivity contribution in [1.82, 2.24) is 9.80 Å². The molecule has 3 nitrogen and oxygen atoms in total. The van der Waals surface area contributed by atoms with Gasteiger partial charge in [-0.05, 0) is 19.3 Å². The normalized spacial score (nSPS) is 28.2. The van der Waals surface area contributed by atoms with E-state index in [2.05, 4.69) is 4.90 Å². The van der Waals surface area contributed by atoms with Gasteiger partial charge in [-0.2, -0.15) is 0 Å². The lowest BCUT2D eigenvalue weighted by atomic mass is 9.94. The van der Waals surface area contributed by atoms with Crippen LogP contribution in [-0.4, -0.2) is 47.9 Å². The van der Waals surface area contributed by atoms with E-state index < -0.39 is 0 Å². The van der Waals surface area contributed by atoms with Gasteiger partial charge in [0.2, 0.25) is 5.91 Å². The molecule has 2 fully saturated rings. The molecule has 1 aliphatic carbocycles. The van der Waals surface area contributed by atoms with Crippen LogP contribution in [0.3, 0.4) is 0 Å². The van der Waals surface area contributed by atoms with E-state index in [0.29, 0.717) is 6.04 Å². The van der Waals surface area contributed by atoms with Gasteiger partial charge >= 0.3 is 0 Å². The Kier molecular flexibility index (Phi) is 3.85. The Labute approximate surface area is 98.8 Å². The van der Waals surface area contributed by atoms with Crippen LogP contribution in [0.1, 0.15) is 45.4 Å². The van der Waals surface area contributed by atoms with Crippen molar-refractivity contribution in [3.8, 4) is 0 Å². The van der Waals surface area contributed by atoms with Gasteiger partial charge in [-0.25, -0.2) is 0 Å². The SMILES string of the molecule is CC(=O)N(C)[C@H]1CCN(C2CCCCC2)C1. The fourth-order valence-corrected chi connectivity index (χ4v) is 3.12. The second-order valence-corrected chi connectivity index (χ2v) is 5.36. The third-order valence-corrected chi connectivity index (χ3v) is 4.33. The summed E-state index contributed by atoms with van der Waals surface area (Å²) in [5, 5.41) is 0. The van der Waals surface area contributed by atoms with E-state index in [-0.39, 0.29) is 5.91 Å². The quantitative estimate of drug-likeness (QED) is 0.715. The summed E-state index contributed by atoms with van der Waals surface area (Å²) in [5.41, 5.74) is 0. The van der Waals surface area contributed by atoms with Gasteiger partial charge in [0.15, 0.2) is 0 Å². The van der Waals surface area contributed by atoms with Crippen LogP contribution in [0.15, 0.2) is 0 Å². The van der Waals surface area contributed by atoms with E-state index in [1.165, 1.54) is 38.6 Å². The van der Waals surface area contributed by atoms with Gasteiger partial charge in [0.05, 0.1) is 0 Å². The molecule has 0 bridgehead atoms. The fourth-order valence-electron chi connectivity index (χ4n) is 3.12. The molecular weight excluding hydrogens is 200 g/mol. The summed E-state index contributed by atoms with van der Waals surface area (Å²) < 4.78 is 0. The van der Waals surface area contributed by atoms with Crippen LogP contribution in [0.2, 0.25) is 0 Å². The van der Waals surface area contributed by atoms with E-state index in [0.717, 1.165) is 19.0 Å². The van der Waals surface area contributed by atoms with Crippen LogP contribution in [0.4, 0.5) is 0 Å². The minimum Gasteiger partial charge on any atom is -0.342 e. The molecule has 1 atom stereocenters. The molecule has 0 radical (unpaired) electrons. The molecule has 0 aromatic carbocycles. The zero-order chi connectivity index (χ0) is 11.5. The molecule has 1 aliphatic heterocycles. The standard InChI is InChI=1S/C13H24N2O/c1-11(16)14(2)13-8-9-15(10-13)12-6-4-3-5-7-12/h12-13H,3-10H2,1-2H3/t13-/m0/s1. The third-order valence-electron chi connectivity index (χ3n) is 4.33. The highest BCUT2D eigenvalue weighted by Gasteiger charge is 2.31. The molecule has 2 rings (SSSR count). The summed E-state index contributed by atoms with van der Waals surface area (Å²) in [4.78, 5) is 15.9. The molecule has 2 aliphatic rings. The highest BCUT2D eigenvalue weighted by atomic mass is 16.2. The molecule has 1 heterocycles. The Balaban J connectivity index is 1.84. The molecule has 16 heavy (non-hydrogen) atoms. The number of carbonyl (C=O) groups is 1. The Morgan fingerprint density at radius 1 is 1.19 bits per heavy atom. The molecule has 0 spiro atoms. The van der Waals surface area contributed by atoms with Crippen LogP contribution >= 0.6 is 0 Å². The van der Waals surface area contributed by atoms with Crippen LogP contribution in [0.25, 0.3) is 0 Å². The first-order valence-corrected chi connectivity index (χ1v) is 6.66. The highest BCUT2D eigenvalue weighted by Crippen LogP contribution is 2.26. The number of rotatable bonds is 2. The third kappa shape index (κ3) is 2.57. The molecule has 0 N–H and O–H groups in total. The van der Waals surface area contributed by atoms with E-state index in [1.54, 1.807) is 6.92 Å². The Hall–Kier alpha value is -0.570. The van der Waals surface area contributed by atoms with Gasteiger partial charge in [0.1, 0.15) is 0 Å². The first kappa shape index (κ1) is 11.9. The highest BCUT2D eigenvalue weighted by molar-refractivity contribution is 5.73. The molecule has 1 saturated heterocycles. The number of hydrogen-bond acceptors (Lipinski definition) is 2. The summed E-state index contributed by atoms with van der Waals surface area (Å²) in [6.45, 7) is 3.96. The van der Waals surface area contributed by atoms with Gasteiger partial charge in [-0.1, -0.05) is 19.3 Å². The molecule has 92 valence electrons. The molecule has 3 heteroatoms. The van der Waals surface area contributed by atoms with Crippen LogP contribution < -0.4 is 0 Å². The number of likely N-dealkylation sites (N-methyl/N-ethyl adjacent to an activating group) is 1.